The molecule has 0 amide bonds. The third-order valence-corrected chi connectivity index (χ3v) is 2.28. The third-order valence-electron chi connectivity index (χ3n) is 2.28. The molecule has 1 saturated heterocycles. The fourth-order valence-corrected chi connectivity index (χ4v) is 1.28. The molecule has 1 aromatic heterocycles. The summed E-state index contributed by atoms with van der Waals surface area (Å²) in [4.78, 5) is 15.5. The number of hydrogen-bond acceptors (Lipinski definition) is 4. The molecule has 0 spiro atoms. The molecule has 2 heterocycles. The van der Waals surface area contributed by atoms with Gasteiger partial charge in [0.05, 0.1) is 12.3 Å². The molecule has 4 nitrogen and oxygen atoms in total. The average Bonchev–Trinajstić information content (AvgIpc) is 3.18. The van der Waals surface area contributed by atoms with E-state index >= 15 is 0 Å². The van der Waals surface area contributed by atoms with Crippen LogP contribution in [0.4, 0.5) is 0 Å². The molecule has 0 bridgehead atoms. The monoisotopic (exact) mass is 231 g/mol. The number of aromatic nitrogens is 1. The molecule has 0 aromatic carbocycles. The van der Waals surface area contributed by atoms with Gasteiger partial charge in [0, 0.05) is 12.3 Å². The summed E-state index contributed by atoms with van der Waals surface area (Å²) in [6.07, 6.45) is 6.42. The quantitative estimate of drug-likeness (QED) is 0.439. The normalized spacial score (nSPS) is 18.0. The van der Waals surface area contributed by atoms with Crippen molar-refractivity contribution in [2.75, 3.05) is 13.2 Å². The predicted molar refractivity (Wildman–Crippen MR) is 64.1 cm³/mol. The summed E-state index contributed by atoms with van der Waals surface area (Å²) in [5.41, 5.74) is 1.57. The van der Waals surface area contributed by atoms with Gasteiger partial charge >= 0.3 is 5.97 Å². The Labute approximate surface area is 99.6 Å². The molecule has 0 radical (unpaired) electrons. The van der Waals surface area contributed by atoms with Gasteiger partial charge in [-0.05, 0) is 17.7 Å². The minimum atomic E-state index is -0.388. The lowest BCUT2D eigenvalue weighted by molar-refractivity contribution is -0.138. The summed E-state index contributed by atoms with van der Waals surface area (Å²) < 4.78 is 9.89. The Morgan fingerprint density at radius 1 is 1.71 bits per heavy atom. The average molecular weight is 231 g/mol. The van der Waals surface area contributed by atoms with E-state index in [0.717, 1.165) is 5.56 Å². The molecule has 0 N–H and O–H groups in total. The van der Waals surface area contributed by atoms with Crippen LogP contribution in [0.5, 0.6) is 0 Å². The van der Waals surface area contributed by atoms with Crippen LogP contribution in [0.2, 0.25) is 0 Å². The Morgan fingerprint density at radius 2 is 2.53 bits per heavy atom. The second-order valence-corrected chi connectivity index (χ2v) is 3.60. The van der Waals surface area contributed by atoms with Gasteiger partial charge in [0.25, 0.3) is 0 Å². The summed E-state index contributed by atoms with van der Waals surface area (Å²) in [5.74, 6) is -0.388. The van der Waals surface area contributed by atoms with Crippen molar-refractivity contribution in [3.05, 3.63) is 42.2 Å². The zero-order chi connectivity index (χ0) is 12.1. The molecule has 1 unspecified atom stereocenters. The first-order valence-corrected chi connectivity index (χ1v) is 5.33. The highest BCUT2D eigenvalue weighted by molar-refractivity contribution is 5.87. The number of ether oxygens (including phenoxy) is 2. The summed E-state index contributed by atoms with van der Waals surface area (Å²) in [6, 6.07) is 3.69. The lowest BCUT2D eigenvalue weighted by Gasteiger charge is -1.99. The zero-order valence-electron chi connectivity index (χ0n) is 9.33. The molecule has 1 aliphatic rings. The van der Waals surface area contributed by atoms with Gasteiger partial charge in [-0.1, -0.05) is 18.7 Å². The zero-order valence-corrected chi connectivity index (χ0v) is 9.33. The fourth-order valence-electron chi connectivity index (χ4n) is 1.28. The molecule has 88 valence electrons. The molecule has 0 aliphatic carbocycles. The van der Waals surface area contributed by atoms with Crippen molar-refractivity contribution in [2.45, 2.75) is 6.10 Å². The smallest absolute Gasteiger partial charge is 0.330 e. The molecule has 1 aromatic rings. The van der Waals surface area contributed by atoms with E-state index in [0.29, 0.717) is 18.9 Å². The second kappa shape index (κ2) is 5.41. The van der Waals surface area contributed by atoms with E-state index in [1.165, 1.54) is 6.08 Å². The first kappa shape index (κ1) is 11.5. The van der Waals surface area contributed by atoms with Gasteiger partial charge in [0.2, 0.25) is 0 Å². The summed E-state index contributed by atoms with van der Waals surface area (Å²) in [6.45, 7) is 4.68. The predicted octanol–water partition coefficient (Wildman–Crippen LogP) is 1.68. The van der Waals surface area contributed by atoms with Crippen molar-refractivity contribution in [2.24, 2.45) is 0 Å². The summed E-state index contributed by atoms with van der Waals surface area (Å²) in [5, 5.41) is 0. The van der Waals surface area contributed by atoms with E-state index in [9.17, 15) is 4.79 Å². The SMILES string of the molecule is C=Cc1cccnc1C=CC(=O)OCC1CO1. The first-order chi connectivity index (χ1) is 8.29. The summed E-state index contributed by atoms with van der Waals surface area (Å²) in [7, 11) is 0. The van der Waals surface area contributed by atoms with Crippen molar-refractivity contribution in [1.82, 2.24) is 4.98 Å². The number of hydrogen-bond donors (Lipinski definition) is 0. The summed E-state index contributed by atoms with van der Waals surface area (Å²) >= 11 is 0. The highest BCUT2D eigenvalue weighted by atomic mass is 16.6. The molecule has 0 saturated carbocycles. The molecule has 4 heteroatoms. The Bertz CT molecular complexity index is 450. The lowest BCUT2D eigenvalue weighted by atomic mass is 10.2. The molecule has 17 heavy (non-hydrogen) atoms. The molecule has 1 atom stereocenters. The molecular weight excluding hydrogens is 218 g/mol. The maximum atomic E-state index is 11.3. The van der Waals surface area contributed by atoms with E-state index < -0.39 is 0 Å². The van der Waals surface area contributed by atoms with Gasteiger partial charge in [-0.3, -0.25) is 4.98 Å². The van der Waals surface area contributed by atoms with Crippen LogP contribution in [0.25, 0.3) is 12.2 Å². The maximum absolute atomic E-state index is 11.3. The Morgan fingerprint density at radius 3 is 3.24 bits per heavy atom. The van der Waals surface area contributed by atoms with Gasteiger partial charge in [-0.25, -0.2) is 4.79 Å². The van der Waals surface area contributed by atoms with Crippen LogP contribution in [0.1, 0.15) is 11.3 Å². The van der Waals surface area contributed by atoms with E-state index in [1.807, 2.05) is 12.1 Å². The number of carbonyl (C=O) groups excluding carboxylic acids is 1. The highest BCUT2D eigenvalue weighted by Crippen LogP contribution is 2.10. The topological polar surface area (TPSA) is 51.7 Å². The fraction of sp³-hybridized carbons (Fsp3) is 0.231. The van der Waals surface area contributed by atoms with Crippen molar-refractivity contribution in [3.8, 4) is 0 Å². The van der Waals surface area contributed by atoms with Crippen LogP contribution >= 0.6 is 0 Å². The number of esters is 1. The van der Waals surface area contributed by atoms with Crippen molar-refractivity contribution in [3.63, 3.8) is 0 Å². The van der Waals surface area contributed by atoms with Crippen LogP contribution in [0.15, 0.2) is 31.0 Å². The van der Waals surface area contributed by atoms with E-state index in [1.54, 1.807) is 18.3 Å². The maximum Gasteiger partial charge on any atom is 0.330 e. The third kappa shape index (κ3) is 3.53. The minimum absolute atomic E-state index is 0.0888. The van der Waals surface area contributed by atoms with Gasteiger partial charge in [0.1, 0.15) is 12.7 Å². The van der Waals surface area contributed by atoms with Gasteiger partial charge in [-0.2, -0.15) is 0 Å². The van der Waals surface area contributed by atoms with E-state index in [4.69, 9.17) is 9.47 Å². The molecule has 2 rings (SSSR count). The van der Waals surface area contributed by atoms with Crippen molar-refractivity contribution >= 4 is 18.1 Å². The van der Waals surface area contributed by atoms with Crippen LogP contribution in [-0.4, -0.2) is 30.3 Å². The Balaban J connectivity index is 1.93. The number of epoxide rings is 1. The minimum Gasteiger partial charge on any atom is -0.460 e. The molecular formula is C13H13NO3. The van der Waals surface area contributed by atoms with Gasteiger partial charge < -0.3 is 9.47 Å². The largest absolute Gasteiger partial charge is 0.460 e. The van der Waals surface area contributed by atoms with E-state index in [-0.39, 0.29) is 12.1 Å². The lowest BCUT2D eigenvalue weighted by Crippen LogP contribution is -2.06. The molecule has 1 aliphatic heterocycles. The van der Waals surface area contributed by atoms with Crippen molar-refractivity contribution < 1.29 is 14.3 Å². The van der Waals surface area contributed by atoms with Crippen LogP contribution < -0.4 is 0 Å². The van der Waals surface area contributed by atoms with E-state index in [2.05, 4.69) is 11.6 Å². The second-order valence-electron chi connectivity index (χ2n) is 3.60. The van der Waals surface area contributed by atoms with Crippen LogP contribution in [0.3, 0.4) is 0 Å². The number of pyridine rings is 1. The first-order valence-electron chi connectivity index (χ1n) is 5.33. The highest BCUT2D eigenvalue weighted by Gasteiger charge is 2.23. The van der Waals surface area contributed by atoms with Gasteiger partial charge in [-0.15, -0.1) is 0 Å². The van der Waals surface area contributed by atoms with Crippen molar-refractivity contribution in [1.29, 1.82) is 0 Å². The standard InChI is InChI=1S/C13H13NO3/c1-2-10-4-3-7-14-12(10)5-6-13(15)17-9-11-8-16-11/h2-7,11H,1,8-9H2. The van der Waals surface area contributed by atoms with Gasteiger partial charge in [0.15, 0.2) is 0 Å². The number of nitrogens with zero attached hydrogens (tertiary/aromatic N) is 1. The Hall–Kier alpha value is -1.94. The number of rotatable bonds is 5. The van der Waals surface area contributed by atoms with Crippen LogP contribution in [0, 0.1) is 0 Å². The Kier molecular flexibility index (Phi) is 3.67. The van der Waals surface area contributed by atoms with Crippen LogP contribution in [-0.2, 0) is 14.3 Å². The number of carbonyl (C=O) groups is 1. The molecule has 1 fully saturated rings.